The number of alkyl halides is 3. The molecule has 2 rings (SSSR count). The van der Waals surface area contributed by atoms with E-state index in [-0.39, 0.29) is 17.8 Å². The third-order valence-corrected chi connectivity index (χ3v) is 3.08. The second-order valence-corrected chi connectivity index (χ2v) is 4.92. The number of nitrogens with zero attached hydrogens (tertiary/aromatic N) is 1. The average Bonchev–Trinajstić information content (AvgIpc) is 2.45. The Morgan fingerprint density at radius 1 is 1.41 bits per heavy atom. The lowest BCUT2D eigenvalue weighted by Gasteiger charge is -2.20. The summed E-state index contributed by atoms with van der Waals surface area (Å²) in [7, 11) is 0. The topological polar surface area (TPSA) is 68.9 Å². The first kappa shape index (κ1) is 16.4. The van der Waals surface area contributed by atoms with Crippen molar-refractivity contribution in [1.29, 1.82) is 0 Å². The van der Waals surface area contributed by atoms with Crippen LogP contribution in [0.15, 0.2) is 29.3 Å². The van der Waals surface area contributed by atoms with E-state index in [0.29, 0.717) is 12.2 Å². The fourth-order valence-electron chi connectivity index (χ4n) is 2.11. The van der Waals surface area contributed by atoms with E-state index in [1.54, 1.807) is 6.07 Å². The van der Waals surface area contributed by atoms with Gasteiger partial charge in [-0.2, -0.15) is 0 Å². The van der Waals surface area contributed by atoms with Gasteiger partial charge in [-0.3, -0.25) is 4.99 Å². The van der Waals surface area contributed by atoms with Crippen molar-refractivity contribution in [2.75, 3.05) is 18.5 Å². The molecule has 0 radical (unpaired) electrons. The summed E-state index contributed by atoms with van der Waals surface area (Å²) in [4.78, 5) is 4.14. The van der Waals surface area contributed by atoms with Crippen LogP contribution in [0.2, 0.25) is 0 Å². The Morgan fingerprint density at radius 2 is 2.23 bits per heavy atom. The second kappa shape index (κ2) is 7.35. The van der Waals surface area contributed by atoms with Gasteiger partial charge in [0.25, 0.3) is 0 Å². The van der Waals surface area contributed by atoms with Crippen LogP contribution in [-0.4, -0.2) is 31.6 Å². The van der Waals surface area contributed by atoms with Crippen molar-refractivity contribution in [2.24, 2.45) is 10.7 Å². The lowest BCUT2D eigenvalue weighted by molar-refractivity contribution is -0.274. The number of hydrogen-bond acceptors (Lipinski definition) is 3. The summed E-state index contributed by atoms with van der Waals surface area (Å²) >= 11 is 0. The minimum atomic E-state index is -4.73. The molecule has 22 heavy (non-hydrogen) atoms. The van der Waals surface area contributed by atoms with Crippen LogP contribution >= 0.6 is 0 Å². The molecule has 1 fully saturated rings. The highest BCUT2D eigenvalue weighted by molar-refractivity contribution is 5.92. The molecule has 0 spiro atoms. The number of guanidine groups is 1. The molecule has 0 bridgehead atoms. The van der Waals surface area contributed by atoms with Crippen molar-refractivity contribution in [1.82, 2.24) is 0 Å². The van der Waals surface area contributed by atoms with Gasteiger partial charge < -0.3 is 20.5 Å². The van der Waals surface area contributed by atoms with E-state index in [9.17, 15) is 13.2 Å². The smallest absolute Gasteiger partial charge is 0.406 e. The molecule has 122 valence electrons. The van der Waals surface area contributed by atoms with Crippen LogP contribution in [0.5, 0.6) is 5.75 Å². The van der Waals surface area contributed by atoms with Gasteiger partial charge >= 0.3 is 6.36 Å². The summed E-state index contributed by atoms with van der Waals surface area (Å²) in [6.07, 6.45) is -1.58. The molecule has 1 aromatic rings. The van der Waals surface area contributed by atoms with Crippen LogP contribution in [0.1, 0.15) is 19.3 Å². The number of anilines is 1. The first-order valence-corrected chi connectivity index (χ1v) is 6.97. The quantitative estimate of drug-likeness (QED) is 0.662. The monoisotopic (exact) mass is 317 g/mol. The Hall–Kier alpha value is -1.96. The zero-order chi connectivity index (χ0) is 16.0. The number of benzene rings is 1. The fourth-order valence-corrected chi connectivity index (χ4v) is 2.11. The molecule has 0 amide bonds. The minimum Gasteiger partial charge on any atom is -0.406 e. The lowest BCUT2D eigenvalue weighted by Crippen LogP contribution is -2.27. The number of nitrogens with two attached hydrogens (primary N) is 1. The molecule has 1 atom stereocenters. The van der Waals surface area contributed by atoms with Gasteiger partial charge in [-0.05, 0) is 31.4 Å². The Labute approximate surface area is 126 Å². The van der Waals surface area contributed by atoms with Crippen LogP contribution in [0, 0.1) is 0 Å². The van der Waals surface area contributed by atoms with Gasteiger partial charge in [0, 0.05) is 18.4 Å². The van der Waals surface area contributed by atoms with Gasteiger partial charge in [-0.15, -0.1) is 13.2 Å². The highest BCUT2D eigenvalue weighted by Crippen LogP contribution is 2.24. The van der Waals surface area contributed by atoms with E-state index in [1.807, 2.05) is 0 Å². The SMILES string of the molecule is NC(=NCC1CCCCO1)Nc1cccc(OC(F)(F)F)c1. The minimum absolute atomic E-state index is 0.0500. The van der Waals surface area contributed by atoms with Crippen LogP contribution in [0.25, 0.3) is 0 Å². The summed E-state index contributed by atoms with van der Waals surface area (Å²) < 4.78 is 45.8. The molecule has 0 aromatic heterocycles. The summed E-state index contributed by atoms with van der Waals surface area (Å²) in [6.45, 7) is 1.15. The molecule has 5 nitrogen and oxygen atoms in total. The summed E-state index contributed by atoms with van der Waals surface area (Å²) in [5, 5.41) is 2.73. The maximum Gasteiger partial charge on any atom is 0.573 e. The number of halogens is 3. The van der Waals surface area contributed by atoms with Gasteiger partial charge in [-0.1, -0.05) is 6.07 Å². The van der Waals surface area contributed by atoms with Gasteiger partial charge in [0.1, 0.15) is 5.75 Å². The number of hydrogen-bond donors (Lipinski definition) is 2. The molecule has 1 aliphatic heterocycles. The van der Waals surface area contributed by atoms with Gasteiger partial charge in [0.2, 0.25) is 0 Å². The van der Waals surface area contributed by atoms with Crippen molar-refractivity contribution < 1.29 is 22.6 Å². The molecular formula is C14H18F3N3O2. The molecule has 1 aromatic carbocycles. The first-order valence-electron chi connectivity index (χ1n) is 6.97. The summed E-state index contributed by atoms with van der Waals surface area (Å²) in [5.41, 5.74) is 6.09. The number of aliphatic imine (C=N–C) groups is 1. The van der Waals surface area contributed by atoms with Crippen molar-refractivity contribution in [2.45, 2.75) is 31.7 Å². The third-order valence-electron chi connectivity index (χ3n) is 3.08. The van der Waals surface area contributed by atoms with Crippen LogP contribution in [-0.2, 0) is 4.74 Å². The standard InChI is InChI=1S/C14H18F3N3O2/c15-14(16,17)22-11-6-3-4-10(8-11)20-13(18)19-9-12-5-1-2-7-21-12/h3-4,6,8,12H,1-2,5,7,9H2,(H3,18,19,20). The number of ether oxygens (including phenoxy) is 2. The molecule has 1 aliphatic rings. The van der Waals surface area contributed by atoms with Gasteiger partial charge in [0.15, 0.2) is 5.96 Å². The van der Waals surface area contributed by atoms with Crippen molar-refractivity contribution in [3.63, 3.8) is 0 Å². The maximum absolute atomic E-state index is 12.2. The normalized spacial score (nSPS) is 19.8. The summed E-state index contributed by atoms with van der Waals surface area (Å²) in [5.74, 6) is -0.195. The largest absolute Gasteiger partial charge is 0.573 e. The van der Waals surface area contributed by atoms with Crippen LogP contribution in [0.3, 0.4) is 0 Å². The molecule has 1 heterocycles. The van der Waals surface area contributed by atoms with Crippen LogP contribution < -0.4 is 15.8 Å². The van der Waals surface area contributed by atoms with Crippen molar-refractivity contribution in [3.05, 3.63) is 24.3 Å². The predicted octanol–water partition coefficient (Wildman–Crippen LogP) is 2.88. The van der Waals surface area contributed by atoms with E-state index in [1.165, 1.54) is 18.2 Å². The molecule has 0 aliphatic carbocycles. The highest BCUT2D eigenvalue weighted by atomic mass is 19.4. The Bertz CT molecular complexity index is 514. The number of rotatable bonds is 4. The molecule has 1 unspecified atom stereocenters. The zero-order valence-corrected chi connectivity index (χ0v) is 11.9. The van der Waals surface area contributed by atoms with E-state index in [0.717, 1.165) is 25.9 Å². The predicted molar refractivity (Wildman–Crippen MR) is 76.8 cm³/mol. The molecule has 1 saturated heterocycles. The number of nitrogens with one attached hydrogen (secondary N) is 1. The average molecular weight is 317 g/mol. The first-order chi connectivity index (χ1) is 10.4. The van der Waals surface area contributed by atoms with E-state index in [2.05, 4.69) is 15.0 Å². The summed E-state index contributed by atoms with van der Waals surface area (Å²) in [6, 6.07) is 5.42. The highest BCUT2D eigenvalue weighted by Gasteiger charge is 2.31. The molecule has 3 N–H and O–H groups in total. The third kappa shape index (κ3) is 5.80. The second-order valence-electron chi connectivity index (χ2n) is 4.92. The van der Waals surface area contributed by atoms with Crippen LogP contribution in [0.4, 0.5) is 18.9 Å². The zero-order valence-electron chi connectivity index (χ0n) is 11.9. The fraction of sp³-hybridized carbons (Fsp3) is 0.500. The maximum atomic E-state index is 12.2. The van der Waals surface area contributed by atoms with Crippen molar-refractivity contribution in [3.8, 4) is 5.75 Å². The molecule has 8 heteroatoms. The van der Waals surface area contributed by atoms with Crippen molar-refractivity contribution >= 4 is 11.6 Å². The Morgan fingerprint density at radius 3 is 2.91 bits per heavy atom. The Balaban J connectivity index is 1.90. The van der Waals surface area contributed by atoms with E-state index >= 15 is 0 Å². The van der Waals surface area contributed by atoms with Gasteiger partial charge in [-0.25, -0.2) is 0 Å². The molecular weight excluding hydrogens is 299 g/mol. The molecule has 0 saturated carbocycles. The Kier molecular flexibility index (Phi) is 5.48. The van der Waals surface area contributed by atoms with E-state index in [4.69, 9.17) is 10.5 Å². The van der Waals surface area contributed by atoms with Gasteiger partial charge in [0.05, 0.1) is 12.6 Å². The van der Waals surface area contributed by atoms with E-state index < -0.39 is 6.36 Å². The lowest BCUT2D eigenvalue weighted by atomic mass is 10.1.